The van der Waals surface area contributed by atoms with Gasteiger partial charge in [0.15, 0.2) is 9.92 Å². The molecule has 38 heavy (non-hydrogen) atoms. The Morgan fingerprint density at radius 2 is 1.87 bits per heavy atom. The maximum atomic E-state index is 13.4. The molecule has 0 spiro atoms. The topological polar surface area (TPSA) is 139 Å². The van der Waals surface area contributed by atoms with Gasteiger partial charge in [-0.15, -0.1) is 0 Å². The van der Waals surface area contributed by atoms with E-state index >= 15 is 0 Å². The monoisotopic (exact) mass is 544 g/mol. The zero-order chi connectivity index (χ0) is 27.2. The summed E-state index contributed by atoms with van der Waals surface area (Å²) in [7, 11) is -2.07. The molecule has 1 aromatic heterocycles. The van der Waals surface area contributed by atoms with Crippen molar-refractivity contribution in [2.75, 3.05) is 25.5 Å². The number of fused-ring (bicyclic) bond motifs is 3. The van der Waals surface area contributed by atoms with Crippen LogP contribution in [-0.2, 0) is 46.9 Å². The van der Waals surface area contributed by atoms with Gasteiger partial charge in [-0.2, -0.15) is 5.10 Å². The van der Waals surface area contributed by atoms with Crippen LogP contribution in [0.2, 0.25) is 0 Å². The normalized spacial score (nSPS) is 19.4. The molecule has 2 heterocycles. The second-order valence-corrected chi connectivity index (χ2v) is 13.1. The van der Waals surface area contributed by atoms with Crippen LogP contribution in [0, 0.1) is 10.7 Å². The van der Waals surface area contributed by atoms with E-state index in [4.69, 9.17) is 14.3 Å². The van der Waals surface area contributed by atoms with Crippen molar-refractivity contribution in [3.8, 4) is 5.88 Å². The Bertz CT molecular complexity index is 1350. The second kappa shape index (κ2) is 9.79. The average Bonchev–Trinajstić information content (AvgIpc) is 3.56. The van der Waals surface area contributed by atoms with E-state index in [0.717, 1.165) is 55.3 Å². The van der Waals surface area contributed by atoms with E-state index < -0.39 is 27.6 Å². The molecule has 12 heteroatoms. The van der Waals surface area contributed by atoms with Crippen LogP contribution < -0.4 is 14.8 Å². The van der Waals surface area contributed by atoms with E-state index in [1.165, 1.54) is 26.9 Å². The Morgan fingerprint density at radius 3 is 2.50 bits per heavy atom. The summed E-state index contributed by atoms with van der Waals surface area (Å²) in [5.74, 6) is 0.121. The molecule has 3 N–H and O–H groups in total. The quantitative estimate of drug-likeness (QED) is 0.522. The molecule has 206 valence electrons. The SMILES string of the molecule is CN(C[C@@H]1COc2c(S(=N)(=O)NC(=O)Nc3c4c(cc5c3CCC5)CCC4)cnn2C1)C(=O)OC(C)(C)C. The highest BCUT2D eigenvalue weighted by Crippen LogP contribution is 2.38. The van der Waals surface area contributed by atoms with Crippen LogP contribution in [0.15, 0.2) is 17.2 Å². The van der Waals surface area contributed by atoms with Crippen molar-refractivity contribution in [2.45, 2.75) is 76.3 Å². The fourth-order valence-electron chi connectivity index (χ4n) is 5.53. The fraction of sp³-hybridized carbons (Fsp3) is 0.577. The number of nitrogens with one attached hydrogen (secondary N) is 3. The van der Waals surface area contributed by atoms with E-state index in [1.807, 2.05) is 20.8 Å². The standard InChI is InChI=1S/C26H36N6O5S/c1-26(2,3)37-25(34)31(4)13-16-14-32-23(36-15-16)21(12-28-32)38(27,35)30-24(33)29-22-19-9-5-7-17(19)11-18-8-6-10-20(18)22/h11-12,16H,5-10,13-15H2,1-4H3,(H3,27,29,30,33,35)/t16-,38?/m0/s1. The summed E-state index contributed by atoms with van der Waals surface area (Å²) in [6.07, 6.45) is 6.81. The number of urea groups is 1. The highest BCUT2D eigenvalue weighted by molar-refractivity contribution is 7.91. The molecule has 2 aromatic rings. The Morgan fingerprint density at radius 1 is 1.21 bits per heavy atom. The van der Waals surface area contributed by atoms with Gasteiger partial charge in [-0.1, -0.05) is 6.07 Å². The molecule has 11 nitrogen and oxygen atoms in total. The first-order valence-corrected chi connectivity index (χ1v) is 14.6. The smallest absolute Gasteiger partial charge is 0.410 e. The zero-order valence-electron chi connectivity index (χ0n) is 22.4. The number of rotatable bonds is 5. The molecule has 3 aliphatic rings. The summed E-state index contributed by atoms with van der Waals surface area (Å²) in [5.41, 5.74) is 5.10. The lowest BCUT2D eigenvalue weighted by molar-refractivity contribution is 0.0232. The van der Waals surface area contributed by atoms with Crippen molar-refractivity contribution < 1.29 is 23.3 Å². The lowest BCUT2D eigenvalue weighted by Crippen LogP contribution is -2.41. The van der Waals surface area contributed by atoms with E-state index in [0.29, 0.717) is 13.1 Å². The third-order valence-corrected chi connectivity index (χ3v) is 8.51. The number of amides is 3. The lowest BCUT2D eigenvalue weighted by atomic mass is 9.99. The minimum absolute atomic E-state index is 0.0233. The van der Waals surface area contributed by atoms with Crippen LogP contribution in [-0.4, -0.2) is 56.8 Å². The van der Waals surface area contributed by atoms with Gasteiger partial charge in [0, 0.05) is 25.2 Å². The highest BCUT2D eigenvalue weighted by Gasteiger charge is 2.32. The molecular weight excluding hydrogens is 508 g/mol. The van der Waals surface area contributed by atoms with Gasteiger partial charge in [0.25, 0.3) is 0 Å². The molecule has 0 saturated carbocycles. The molecule has 0 fully saturated rings. The molecule has 0 saturated heterocycles. The molecule has 1 unspecified atom stereocenters. The predicted molar refractivity (Wildman–Crippen MR) is 142 cm³/mol. The number of hydrogen-bond donors (Lipinski definition) is 3. The number of benzene rings is 1. The first kappa shape index (κ1) is 26.3. The van der Waals surface area contributed by atoms with Crippen LogP contribution in [0.5, 0.6) is 5.88 Å². The number of nitrogens with zero attached hydrogens (tertiary/aromatic N) is 3. The number of aromatic nitrogens is 2. The molecule has 5 rings (SSSR count). The van der Waals surface area contributed by atoms with Crippen molar-refractivity contribution in [1.29, 1.82) is 4.78 Å². The van der Waals surface area contributed by atoms with Crippen molar-refractivity contribution in [2.24, 2.45) is 5.92 Å². The van der Waals surface area contributed by atoms with Crippen molar-refractivity contribution >= 4 is 27.7 Å². The summed E-state index contributed by atoms with van der Waals surface area (Å²) in [6, 6.07) is 1.60. The maximum absolute atomic E-state index is 13.4. The van der Waals surface area contributed by atoms with Gasteiger partial charge >= 0.3 is 12.1 Å². The predicted octanol–water partition coefficient (Wildman–Crippen LogP) is 3.88. The Labute approximate surface area is 223 Å². The third-order valence-electron chi connectivity index (χ3n) is 7.14. The summed E-state index contributed by atoms with van der Waals surface area (Å²) in [4.78, 5) is 26.8. The maximum Gasteiger partial charge on any atom is 0.410 e. The van der Waals surface area contributed by atoms with Crippen molar-refractivity contribution in [3.63, 3.8) is 0 Å². The van der Waals surface area contributed by atoms with Gasteiger partial charge in [-0.05, 0) is 81.5 Å². The van der Waals surface area contributed by atoms with Gasteiger partial charge in [-0.3, -0.25) is 0 Å². The largest absolute Gasteiger partial charge is 0.476 e. The van der Waals surface area contributed by atoms with Gasteiger partial charge < -0.3 is 19.7 Å². The fourth-order valence-corrected chi connectivity index (χ4v) is 6.56. The molecule has 1 aromatic carbocycles. The first-order chi connectivity index (χ1) is 17.9. The molecule has 1 aliphatic heterocycles. The summed E-state index contributed by atoms with van der Waals surface area (Å²) < 4.78 is 37.0. The zero-order valence-corrected chi connectivity index (χ0v) is 23.2. The van der Waals surface area contributed by atoms with Crippen LogP contribution in [0.4, 0.5) is 15.3 Å². The van der Waals surface area contributed by atoms with Crippen LogP contribution in [0.25, 0.3) is 0 Å². The molecule has 2 aliphatic carbocycles. The molecule has 0 radical (unpaired) electrons. The van der Waals surface area contributed by atoms with Gasteiger partial charge in [-0.25, -0.2) is 28.0 Å². The Balaban J connectivity index is 1.25. The van der Waals surface area contributed by atoms with Gasteiger partial charge in [0.1, 0.15) is 10.5 Å². The first-order valence-electron chi connectivity index (χ1n) is 13.1. The number of hydrogen-bond acceptors (Lipinski definition) is 7. The van der Waals surface area contributed by atoms with E-state index in [2.05, 4.69) is 21.2 Å². The minimum Gasteiger partial charge on any atom is -0.476 e. The van der Waals surface area contributed by atoms with Crippen molar-refractivity contribution in [1.82, 2.24) is 19.4 Å². The lowest BCUT2D eigenvalue weighted by Gasteiger charge is -2.30. The summed E-state index contributed by atoms with van der Waals surface area (Å²) >= 11 is 0. The Kier molecular flexibility index (Phi) is 6.79. The number of ether oxygens (including phenoxy) is 2. The van der Waals surface area contributed by atoms with Crippen LogP contribution in [0.1, 0.15) is 55.9 Å². The molecule has 2 atom stereocenters. The molecular formula is C26H36N6O5S. The van der Waals surface area contributed by atoms with Crippen LogP contribution in [0.3, 0.4) is 0 Å². The molecule has 0 bridgehead atoms. The Hall–Kier alpha value is -3.28. The number of aryl methyl sites for hydroxylation is 2. The average molecular weight is 545 g/mol. The number of anilines is 1. The van der Waals surface area contributed by atoms with Gasteiger partial charge in [0.2, 0.25) is 5.88 Å². The van der Waals surface area contributed by atoms with Crippen molar-refractivity contribution in [3.05, 3.63) is 34.5 Å². The molecule has 3 amide bonds. The minimum atomic E-state index is -3.74. The van der Waals surface area contributed by atoms with E-state index in [-0.39, 0.29) is 23.3 Å². The third kappa shape index (κ3) is 5.31. The van der Waals surface area contributed by atoms with Gasteiger partial charge in [0.05, 0.1) is 19.3 Å². The van der Waals surface area contributed by atoms with E-state index in [1.54, 1.807) is 7.05 Å². The summed E-state index contributed by atoms with van der Waals surface area (Å²) in [6.45, 7) is 6.47. The number of carbonyl (C=O) groups excluding carboxylic acids is 2. The van der Waals surface area contributed by atoms with Crippen LogP contribution >= 0.6 is 0 Å². The number of carbonyl (C=O) groups is 2. The second-order valence-electron chi connectivity index (χ2n) is 11.4. The summed E-state index contributed by atoms with van der Waals surface area (Å²) in [5, 5.41) is 7.19. The van der Waals surface area contributed by atoms with E-state index in [9.17, 15) is 13.8 Å². The highest BCUT2D eigenvalue weighted by atomic mass is 32.2.